The van der Waals surface area contributed by atoms with Gasteiger partial charge in [0.15, 0.2) is 0 Å². The number of hydrogen-bond donors (Lipinski definition) is 0. The zero-order valence-corrected chi connectivity index (χ0v) is 12.8. The number of ether oxygens (including phenoxy) is 2. The fraction of sp³-hybridized carbons (Fsp3) is 0.500. The summed E-state index contributed by atoms with van der Waals surface area (Å²) in [4.78, 5) is 14.8. The van der Waals surface area contributed by atoms with Crippen molar-refractivity contribution in [1.82, 2.24) is 0 Å². The van der Waals surface area contributed by atoms with E-state index in [1.54, 1.807) is 20.3 Å². The topological polar surface area (TPSA) is 47.9 Å². The van der Waals surface area contributed by atoms with Crippen molar-refractivity contribution in [3.8, 4) is 11.5 Å². The Kier molecular flexibility index (Phi) is 3.97. The van der Waals surface area contributed by atoms with Crippen LogP contribution in [0.4, 0.5) is 0 Å². The number of carbonyl (C=O) groups excluding carboxylic acids is 1. The van der Waals surface area contributed by atoms with E-state index in [0.29, 0.717) is 0 Å². The number of halogens is 1. The molecule has 102 valence electrons. The third kappa shape index (κ3) is 2.17. The van der Waals surface area contributed by atoms with E-state index in [9.17, 15) is 4.79 Å². The van der Waals surface area contributed by atoms with E-state index >= 15 is 0 Å². The van der Waals surface area contributed by atoms with Gasteiger partial charge in [-0.1, -0.05) is 0 Å². The largest absolute Gasteiger partial charge is 0.496 e. The van der Waals surface area contributed by atoms with Crippen LogP contribution < -0.4 is 9.47 Å². The molecule has 0 heterocycles. The van der Waals surface area contributed by atoms with Crippen LogP contribution in [0.3, 0.4) is 0 Å². The molecule has 1 fully saturated rings. The van der Waals surface area contributed by atoms with E-state index in [0.717, 1.165) is 46.4 Å². The van der Waals surface area contributed by atoms with Crippen LogP contribution >= 0.6 is 15.9 Å². The van der Waals surface area contributed by atoms with Crippen LogP contribution in [0.5, 0.6) is 11.5 Å². The fourth-order valence-electron chi connectivity index (χ4n) is 2.59. The molecule has 0 atom stereocenters. The Morgan fingerprint density at radius 1 is 1.37 bits per heavy atom. The Morgan fingerprint density at radius 2 is 2.05 bits per heavy atom. The maximum atomic E-state index is 10.7. The van der Waals surface area contributed by atoms with E-state index in [-0.39, 0.29) is 0 Å². The Labute approximate surface area is 120 Å². The summed E-state index contributed by atoms with van der Waals surface area (Å²) >= 11 is 3.57. The summed E-state index contributed by atoms with van der Waals surface area (Å²) in [6, 6.07) is 1.92. The lowest BCUT2D eigenvalue weighted by atomic mass is 9.71. The molecule has 1 aliphatic rings. The van der Waals surface area contributed by atoms with Gasteiger partial charge in [-0.2, -0.15) is 4.99 Å². The molecule has 4 nitrogen and oxygen atoms in total. The molecular formula is C14H16BrNO3. The van der Waals surface area contributed by atoms with E-state index in [4.69, 9.17) is 9.47 Å². The molecule has 1 aromatic carbocycles. The number of methoxy groups -OCH3 is 2. The Balaban J connectivity index is 2.70. The molecule has 1 aliphatic carbocycles. The summed E-state index contributed by atoms with van der Waals surface area (Å²) in [5.41, 5.74) is 1.33. The second-order valence-electron chi connectivity index (χ2n) is 4.71. The highest BCUT2D eigenvalue weighted by Crippen LogP contribution is 2.53. The van der Waals surface area contributed by atoms with Crippen LogP contribution in [0.1, 0.15) is 30.4 Å². The lowest BCUT2D eigenvalue weighted by Crippen LogP contribution is -2.33. The second-order valence-corrected chi connectivity index (χ2v) is 5.50. The van der Waals surface area contributed by atoms with Gasteiger partial charge in [-0.05, 0) is 53.7 Å². The average Bonchev–Trinajstić information content (AvgIpc) is 2.34. The van der Waals surface area contributed by atoms with Crippen LogP contribution in [0.25, 0.3) is 0 Å². The number of benzene rings is 1. The second kappa shape index (κ2) is 5.35. The summed E-state index contributed by atoms with van der Waals surface area (Å²) in [6.45, 7) is 1.95. The van der Waals surface area contributed by atoms with Gasteiger partial charge in [0.05, 0.1) is 18.7 Å². The van der Waals surface area contributed by atoms with Crippen molar-refractivity contribution in [3.63, 3.8) is 0 Å². The molecule has 0 aliphatic heterocycles. The summed E-state index contributed by atoms with van der Waals surface area (Å²) in [5, 5.41) is 0. The smallest absolute Gasteiger partial charge is 0.235 e. The SMILES string of the molecule is COc1cc(C)c(OC)c(Br)c1C1(N=C=O)CCC1. The van der Waals surface area contributed by atoms with Crippen LogP contribution in [-0.2, 0) is 10.3 Å². The molecule has 0 bridgehead atoms. The molecule has 0 N–H and O–H groups in total. The lowest BCUT2D eigenvalue weighted by molar-refractivity contribution is 0.243. The minimum atomic E-state index is -0.521. The molecular weight excluding hydrogens is 310 g/mol. The quantitative estimate of drug-likeness (QED) is 0.629. The van der Waals surface area contributed by atoms with Gasteiger partial charge in [0.25, 0.3) is 0 Å². The van der Waals surface area contributed by atoms with Gasteiger partial charge in [0.1, 0.15) is 17.0 Å². The number of isocyanates is 1. The van der Waals surface area contributed by atoms with Gasteiger partial charge in [-0.3, -0.25) is 0 Å². The zero-order chi connectivity index (χ0) is 14.0. The van der Waals surface area contributed by atoms with Gasteiger partial charge in [0.2, 0.25) is 6.08 Å². The Morgan fingerprint density at radius 3 is 2.47 bits per heavy atom. The maximum Gasteiger partial charge on any atom is 0.235 e. The minimum absolute atomic E-state index is 0.521. The van der Waals surface area contributed by atoms with Crippen molar-refractivity contribution >= 4 is 22.0 Å². The van der Waals surface area contributed by atoms with Crippen molar-refractivity contribution < 1.29 is 14.3 Å². The van der Waals surface area contributed by atoms with Gasteiger partial charge < -0.3 is 9.47 Å². The number of rotatable bonds is 4. The van der Waals surface area contributed by atoms with E-state index in [1.807, 2.05) is 13.0 Å². The average molecular weight is 326 g/mol. The highest BCUT2D eigenvalue weighted by Gasteiger charge is 2.43. The molecule has 0 unspecified atom stereocenters. The Hall–Kier alpha value is -1.32. The highest BCUT2D eigenvalue weighted by molar-refractivity contribution is 9.10. The maximum absolute atomic E-state index is 10.7. The van der Waals surface area contributed by atoms with E-state index < -0.39 is 5.54 Å². The van der Waals surface area contributed by atoms with E-state index in [1.165, 1.54) is 0 Å². The van der Waals surface area contributed by atoms with Crippen molar-refractivity contribution in [2.45, 2.75) is 31.7 Å². The van der Waals surface area contributed by atoms with Crippen molar-refractivity contribution in [2.75, 3.05) is 14.2 Å². The first-order chi connectivity index (χ1) is 9.09. The summed E-state index contributed by atoms with van der Waals surface area (Å²) in [5.74, 6) is 1.48. The number of aryl methyl sites for hydroxylation is 1. The molecule has 1 aromatic rings. The van der Waals surface area contributed by atoms with Gasteiger partial charge >= 0.3 is 0 Å². The third-order valence-electron chi connectivity index (χ3n) is 3.70. The van der Waals surface area contributed by atoms with Crippen molar-refractivity contribution in [3.05, 3.63) is 21.7 Å². The molecule has 19 heavy (non-hydrogen) atoms. The summed E-state index contributed by atoms with van der Waals surface area (Å²) in [7, 11) is 3.24. The summed E-state index contributed by atoms with van der Waals surface area (Å²) < 4.78 is 11.7. The van der Waals surface area contributed by atoms with Gasteiger partial charge in [-0.25, -0.2) is 4.79 Å². The third-order valence-corrected chi connectivity index (χ3v) is 4.46. The molecule has 0 radical (unpaired) electrons. The number of hydrogen-bond acceptors (Lipinski definition) is 4. The van der Waals surface area contributed by atoms with Crippen LogP contribution in [0, 0.1) is 6.92 Å². The molecule has 0 aromatic heterocycles. The predicted octanol–water partition coefficient (Wildman–Crippen LogP) is 3.49. The zero-order valence-electron chi connectivity index (χ0n) is 11.2. The first kappa shape index (κ1) is 14.1. The van der Waals surface area contributed by atoms with Crippen molar-refractivity contribution in [1.29, 1.82) is 0 Å². The molecule has 5 heteroatoms. The minimum Gasteiger partial charge on any atom is -0.496 e. The molecule has 2 rings (SSSR count). The number of nitrogens with zero attached hydrogens (tertiary/aromatic N) is 1. The van der Waals surface area contributed by atoms with Crippen LogP contribution in [-0.4, -0.2) is 20.3 Å². The van der Waals surface area contributed by atoms with Crippen LogP contribution in [0.15, 0.2) is 15.5 Å². The number of aliphatic imine (C=N–C) groups is 1. The predicted molar refractivity (Wildman–Crippen MR) is 75.6 cm³/mol. The monoisotopic (exact) mass is 325 g/mol. The van der Waals surface area contributed by atoms with Crippen molar-refractivity contribution in [2.24, 2.45) is 4.99 Å². The van der Waals surface area contributed by atoms with Gasteiger partial charge in [-0.15, -0.1) is 0 Å². The molecule has 1 saturated carbocycles. The molecule has 0 spiro atoms. The first-order valence-electron chi connectivity index (χ1n) is 6.10. The Bertz CT molecular complexity index is 546. The standard InChI is InChI=1S/C14H16BrNO3/c1-9-7-10(18-2)11(12(15)13(9)19-3)14(16-8-17)5-4-6-14/h7H,4-6H2,1-3H3. The molecule has 0 saturated heterocycles. The van der Waals surface area contributed by atoms with Crippen LogP contribution in [0.2, 0.25) is 0 Å². The summed E-state index contributed by atoms with van der Waals surface area (Å²) in [6.07, 6.45) is 4.38. The first-order valence-corrected chi connectivity index (χ1v) is 6.89. The van der Waals surface area contributed by atoms with E-state index in [2.05, 4.69) is 20.9 Å². The fourth-order valence-corrected chi connectivity index (χ4v) is 3.63. The molecule has 0 amide bonds. The highest BCUT2D eigenvalue weighted by atomic mass is 79.9. The van der Waals surface area contributed by atoms with Gasteiger partial charge in [0, 0.05) is 5.56 Å². The lowest BCUT2D eigenvalue weighted by Gasteiger charge is -2.39. The normalized spacial score (nSPS) is 16.2.